The van der Waals surface area contributed by atoms with E-state index in [1.54, 1.807) is 0 Å². The van der Waals surface area contributed by atoms with Crippen LogP contribution in [0, 0.1) is 0 Å². The fraction of sp³-hybridized carbons (Fsp3) is 0. The Kier molecular flexibility index (Phi) is 7.02. The van der Waals surface area contributed by atoms with Crippen LogP contribution in [0.15, 0.2) is 205 Å². The Balaban J connectivity index is 1.07. The third-order valence-corrected chi connectivity index (χ3v) is 12.9. The van der Waals surface area contributed by atoms with Gasteiger partial charge in [0, 0.05) is 59.8 Å². The van der Waals surface area contributed by atoms with E-state index in [4.69, 9.17) is 19.4 Å². The summed E-state index contributed by atoms with van der Waals surface area (Å²) in [5.41, 5.74) is 13.4. The molecule has 5 aromatic heterocycles. The molecule has 14 rings (SSSR count). The molecule has 9 aromatic carbocycles. The molecule has 0 saturated carbocycles. The molecule has 6 heteroatoms. The standard InChI is InChI=1S/C57H33N5O/c1-3-15-34(16-4-1)35-27-29-37(30-28-35)56-58-55(36-17-5-2-6-18-36)59-57(60-56)42-31-32-48(54-50(42)41-22-10-14-26-49(41)63-54)62-46-24-12-8-20-39(46)44-33-43-38-19-7-11-23-45(38)61-47-25-13-9-21-40(47)51(52(43)61)53(44)62/h1-33H. The van der Waals surface area contributed by atoms with Gasteiger partial charge >= 0.3 is 0 Å². The van der Waals surface area contributed by atoms with Crippen LogP contribution in [0.5, 0.6) is 0 Å². The molecule has 0 atom stereocenters. The van der Waals surface area contributed by atoms with Crippen LogP contribution in [0.4, 0.5) is 0 Å². The summed E-state index contributed by atoms with van der Waals surface area (Å²) in [7, 11) is 0. The van der Waals surface area contributed by atoms with Crippen molar-refractivity contribution < 1.29 is 4.42 Å². The van der Waals surface area contributed by atoms with Crippen LogP contribution in [0.3, 0.4) is 0 Å². The Morgan fingerprint density at radius 3 is 1.59 bits per heavy atom. The molecule has 5 heterocycles. The molecule has 0 aliphatic heterocycles. The average Bonchev–Trinajstić information content (AvgIpc) is 4.10. The van der Waals surface area contributed by atoms with Crippen molar-refractivity contribution in [3.05, 3.63) is 200 Å². The minimum Gasteiger partial charge on any atom is -0.454 e. The van der Waals surface area contributed by atoms with Crippen LogP contribution in [0.1, 0.15) is 0 Å². The molecule has 6 nitrogen and oxygen atoms in total. The minimum atomic E-state index is 0.579. The lowest BCUT2D eigenvalue weighted by Crippen LogP contribution is -2.01. The highest BCUT2D eigenvalue weighted by molar-refractivity contribution is 6.34. The summed E-state index contributed by atoms with van der Waals surface area (Å²) in [4.78, 5) is 15.6. The Labute approximate surface area is 359 Å². The van der Waals surface area contributed by atoms with Gasteiger partial charge < -0.3 is 13.4 Å². The van der Waals surface area contributed by atoms with Crippen LogP contribution in [-0.2, 0) is 0 Å². The maximum Gasteiger partial charge on any atom is 0.164 e. The highest BCUT2D eigenvalue weighted by Gasteiger charge is 2.27. The number of furan rings is 1. The topological polar surface area (TPSA) is 61.2 Å². The molecule has 14 aromatic rings. The highest BCUT2D eigenvalue weighted by Crippen LogP contribution is 2.48. The Morgan fingerprint density at radius 1 is 0.349 bits per heavy atom. The van der Waals surface area contributed by atoms with Gasteiger partial charge in [0.1, 0.15) is 5.58 Å². The van der Waals surface area contributed by atoms with Gasteiger partial charge in [-0.05, 0) is 53.6 Å². The van der Waals surface area contributed by atoms with Crippen molar-refractivity contribution in [2.75, 3.05) is 0 Å². The minimum absolute atomic E-state index is 0.579. The van der Waals surface area contributed by atoms with Crippen LogP contribution >= 0.6 is 0 Å². The van der Waals surface area contributed by atoms with E-state index in [2.05, 4.69) is 167 Å². The van der Waals surface area contributed by atoms with Crippen molar-refractivity contribution in [1.29, 1.82) is 0 Å². The van der Waals surface area contributed by atoms with Gasteiger partial charge in [-0.15, -0.1) is 0 Å². The number of hydrogen-bond donors (Lipinski definition) is 0. The zero-order chi connectivity index (χ0) is 41.2. The maximum absolute atomic E-state index is 7.05. The number of rotatable bonds is 5. The predicted octanol–water partition coefficient (Wildman–Crippen LogP) is 14.7. The first-order valence-electron chi connectivity index (χ1n) is 21.3. The zero-order valence-electron chi connectivity index (χ0n) is 33.7. The van der Waals surface area contributed by atoms with Gasteiger partial charge in [-0.2, -0.15) is 0 Å². The molecule has 292 valence electrons. The third-order valence-electron chi connectivity index (χ3n) is 12.9. The number of aromatic nitrogens is 5. The SMILES string of the molecule is c1ccc(-c2ccc(-c3nc(-c4ccccc4)nc(-c4ccc(-n5c6ccccc6c6cc7c8ccccc8n8c9ccccc9c(c65)c78)c5oc6ccccc6c45)n3)cc2)cc1. The van der Waals surface area contributed by atoms with Crippen molar-refractivity contribution in [3.63, 3.8) is 0 Å². The van der Waals surface area contributed by atoms with E-state index >= 15 is 0 Å². The average molecular weight is 804 g/mol. The van der Waals surface area contributed by atoms with Crippen LogP contribution in [-0.4, -0.2) is 23.9 Å². The predicted molar refractivity (Wildman–Crippen MR) is 258 cm³/mol. The number of fused-ring (bicyclic) bond motifs is 13. The van der Waals surface area contributed by atoms with Crippen molar-refractivity contribution in [2.45, 2.75) is 0 Å². The first-order chi connectivity index (χ1) is 31.3. The van der Waals surface area contributed by atoms with Crippen molar-refractivity contribution in [1.82, 2.24) is 23.9 Å². The summed E-state index contributed by atoms with van der Waals surface area (Å²) in [5.74, 6) is 1.79. The van der Waals surface area contributed by atoms with Crippen molar-refractivity contribution in [2.24, 2.45) is 0 Å². The molecule has 0 fully saturated rings. The summed E-state index contributed by atoms with van der Waals surface area (Å²) in [6.45, 7) is 0. The third kappa shape index (κ3) is 4.86. The van der Waals surface area contributed by atoms with Crippen LogP contribution in [0.2, 0.25) is 0 Å². The molecule has 0 aliphatic rings. The second kappa shape index (κ2) is 12.9. The number of benzene rings is 9. The van der Waals surface area contributed by atoms with E-state index in [9.17, 15) is 0 Å². The summed E-state index contributed by atoms with van der Waals surface area (Å²) in [6, 6.07) is 70.5. The first-order valence-corrected chi connectivity index (χ1v) is 21.3. The lowest BCUT2D eigenvalue weighted by atomic mass is 10.0. The largest absolute Gasteiger partial charge is 0.454 e. The molecule has 0 radical (unpaired) electrons. The van der Waals surface area contributed by atoms with Crippen LogP contribution < -0.4 is 0 Å². The zero-order valence-corrected chi connectivity index (χ0v) is 33.7. The quantitative estimate of drug-likeness (QED) is 0.174. The summed E-state index contributed by atoms with van der Waals surface area (Å²) >= 11 is 0. The Hall–Kier alpha value is -8.61. The van der Waals surface area contributed by atoms with E-state index in [0.29, 0.717) is 17.5 Å². The molecular weight excluding hydrogens is 771 g/mol. The fourth-order valence-corrected chi connectivity index (χ4v) is 10.2. The smallest absolute Gasteiger partial charge is 0.164 e. The number of hydrogen-bond acceptors (Lipinski definition) is 4. The van der Waals surface area contributed by atoms with Gasteiger partial charge in [0.2, 0.25) is 0 Å². The van der Waals surface area contributed by atoms with E-state index in [1.165, 1.54) is 48.9 Å². The molecule has 0 amide bonds. The second-order valence-electron chi connectivity index (χ2n) is 16.3. The summed E-state index contributed by atoms with van der Waals surface area (Å²) in [5, 5.41) is 9.30. The van der Waals surface area contributed by atoms with E-state index in [1.807, 2.05) is 42.5 Å². The van der Waals surface area contributed by atoms with E-state index < -0.39 is 0 Å². The molecular formula is C57H33N5O. The van der Waals surface area contributed by atoms with Gasteiger partial charge in [0.15, 0.2) is 23.1 Å². The molecule has 0 bridgehead atoms. The Morgan fingerprint density at radius 2 is 0.857 bits per heavy atom. The van der Waals surface area contributed by atoms with E-state index in [0.717, 1.165) is 66.5 Å². The van der Waals surface area contributed by atoms with Gasteiger partial charge in [-0.1, -0.05) is 158 Å². The monoisotopic (exact) mass is 803 g/mol. The van der Waals surface area contributed by atoms with Gasteiger partial charge in [-0.3, -0.25) is 0 Å². The van der Waals surface area contributed by atoms with Gasteiger partial charge in [-0.25, -0.2) is 15.0 Å². The Bertz CT molecular complexity index is 4130. The molecule has 0 saturated heterocycles. The van der Waals surface area contributed by atoms with Crippen molar-refractivity contribution >= 4 is 81.8 Å². The van der Waals surface area contributed by atoms with E-state index in [-0.39, 0.29) is 0 Å². The second-order valence-corrected chi connectivity index (χ2v) is 16.3. The summed E-state index contributed by atoms with van der Waals surface area (Å²) < 4.78 is 11.9. The van der Waals surface area contributed by atoms with Crippen LogP contribution in [0.25, 0.3) is 133 Å². The summed E-state index contributed by atoms with van der Waals surface area (Å²) in [6.07, 6.45) is 0. The molecule has 0 spiro atoms. The normalized spacial score (nSPS) is 12.1. The van der Waals surface area contributed by atoms with Crippen molar-refractivity contribution in [3.8, 4) is 51.0 Å². The fourth-order valence-electron chi connectivity index (χ4n) is 10.2. The first kappa shape index (κ1) is 34.1. The molecule has 0 unspecified atom stereocenters. The lowest BCUT2D eigenvalue weighted by molar-refractivity contribution is 0.666. The van der Waals surface area contributed by atoms with Gasteiger partial charge in [0.25, 0.3) is 0 Å². The maximum atomic E-state index is 7.05. The molecule has 63 heavy (non-hydrogen) atoms. The number of nitrogens with zero attached hydrogens (tertiary/aromatic N) is 5. The lowest BCUT2D eigenvalue weighted by Gasteiger charge is -2.13. The molecule has 0 aliphatic carbocycles. The highest BCUT2D eigenvalue weighted by atomic mass is 16.3. The van der Waals surface area contributed by atoms with Gasteiger partial charge in [0.05, 0.1) is 33.3 Å². The molecule has 0 N–H and O–H groups in total. The number of para-hydroxylation sites is 4.